The van der Waals surface area contributed by atoms with Crippen molar-refractivity contribution in [3.63, 3.8) is 0 Å². The van der Waals surface area contributed by atoms with E-state index in [0.717, 1.165) is 22.8 Å². The fourth-order valence-corrected chi connectivity index (χ4v) is 2.48. The molecule has 0 radical (unpaired) electrons. The summed E-state index contributed by atoms with van der Waals surface area (Å²) in [7, 11) is 1.60. The van der Waals surface area contributed by atoms with Gasteiger partial charge in [0, 0.05) is 0 Å². The second-order valence-corrected chi connectivity index (χ2v) is 4.91. The lowest BCUT2D eigenvalue weighted by Crippen LogP contribution is -2.14. The molecule has 0 aliphatic carbocycles. The highest BCUT2D eigenvalue weighted by Crippen LogP contribution is 2.24. The topological polar surface area (TPSA) is 72.3 Å². The molecule has 1 N–H and O–H groups in total. The normalized spacial score (nSPS) is 12.1. The van der Waals surface area contributed by atoms with Gasteiger partial charge in [0.15, 0.2) is 0 Å². The quantitative estimate of drug-likeness (QED) is 0.908. The van der Waals surface area contributed by atoms with Crippen molar-refractivity contribution in [3.05, 3.63) is 40.7 Å². The Morgan fingerprint density at radius 2 is 2.11 bits per heavy atom. The summed E-state index contributed by atoms with van der Waals surface area (Å²) in [6.45, 7) is 1.76. The van der Waals surface area contributed by atoms with Crippen molar-refractivity contribution in [1.82, 2.24) is 9.36 Å². The largest absolute Gasteiger partial charge is 0.497 e. The second kappa shape index (κ2) is 5.79. The first kappa shape index (κ1) is 13.5. The smallest absolute Gasteiger partial charge is 0.313 e. The third-order valence-corrected chi connectivity index (χ3v) is 3.66. The predicted molar refractivity (Wildman–Crippen MR) is 71.7 cm³/mol. The Kier molecular flexibility index (Phi) is 4.11. The van der Waals surface area contributed by atoms with E-state index in [9.17, 15) is 9.90 Å². The summed E-state index contributed by atoms with van der Waals surface area (Å²) in [5.74, 6) is -0.171. The molecule has 1 heterocycles. The van der Waals surface area contributed by atoms with Crippen LogP contribution in [-0.4, -0.2) is 27.5 Å². The number of aromatic nitrogens is 2. The van der Waals surface area contributed by atoms with Crippen molar-refractivity contribution in [1.29, 1.82) is 0 Å². The van der Waals surface area contributed by atoms with Crippen LogP contribution in [0, 0.1) is 6.92 Å². The van der Waals surface area contributed by atoms with Crippen LogP contribution in [0.15, 0.2) is 24.3 Å². The van der Waals surface area contributed by atoms with Crippen LogP contribution in [-0.2, 0) is 11.2 Å². The SMILES string of the molecule is COc1ccc(CC(C(=O)O)c2nc(C)ns2)cc1. The van der Waals surface area contributed by atoms with Gasteiger partial charge in [0.05, 0.1) is 7.11 Å². The monoisotopic (exact) mass is 278 g/mol. The van der Waals surface area contributed by atoms with Crippen molar-refractivity contribution in [3.8, 4) is 5.75 Å². The second-order valence-electron chi connectivity index (χ2n) is 4.12. The lowest BCUT2D eigenvalue weighted by Gasteiger charge is -2.09. The molecule has 5 nitrogen and oxygen atoms in total. The molecule has 0 aliphatic rings. The fraction of sp³-hybridized carbons (Fsp3) is 0.308. The Labute approximate surface area is 115 Å². The Bertz CT molecular complexity index is 566. The molecular formula is C13H14N2O3S. The third kappa shape index (κ3) is 3.29. The number of hydrogen-bond donors (Lipinski definition) is 1. The van der Waals surface area contributed by atoms with E-state index in [-0.39, 0.29) is 0 Å². The molecule has 0 spiro atoms. The molecule has 0 fully saturated rings. The first-order valence-electron chi connectivity index (χ1n) is 5.76. The number of aliphatic carboxylic acids is 1. The highest BCUT2D eigenvalue weighted by atomic mass is 32.1. The molecule has 0 amide bonds. The maximum absolute atomic E-state index is 11.4. The predicted octanol–water partition coefficient (Wildman–Crippen LogP) is 2.27. The van der Waals surface area contributed by atoms with Crippen LogP contribution in [0.5, 0.6) is 5.75 Å². The number of benzene rings is 1. The number of carbonyl (C=O) groups is 1. The number of nitrogens with zero attached hydrogens (tertiary/aromatic N) is 2. The van der Waals surface area contributed by atoms with E-state index < -0.39 is 11.9 Å². The molecule has 0 saturated carbocycles. The molecule has 2 aromatic rings. The van der Waals surface area contributed by atoms with Crippen LogP contribution in [0.3, 0.4) is 0 Å². The Morgan fingerprint density at radius 3 is 2.58 bits per heavy atom. The maximum Gasteiger partial charge on any atom is 0.313 e. The molecule has 0 saturated heterocycles. The molecule has 0 bridgehead atoms. The van der Waals surface area contributed by atoms with Gasteiger partial charge in [0.1, 0.15) is 22.5 Å². The number of carboxylic acid groups (broad SMARTS) is 1. The zero-order chi connectivity index (χ0) is 13.8. The third-order valence-electron chi connectivity index (χ3n) is 2.74. The van der Waals surface area contributed by atoms with E-state index in [1.165, 1.54) is 0 Å². The van der Waals surface area contributed by atoms with E-state index in [2.05, 4.69) is 9.36 Å². The molecule has 1 aromatic carbocycles. The van der Waals surface area contributed by atoms with Crippen LogP contribution in [0.4, 0.5) is 0 Å². The molecule has 100 valence electrons. The van der Waals surface area contributed by atoms with Gasteiger partial charge < -0.3 is 9.84 Å². The fourth-order valence-electron chi connectivity index (χ4n) is 1.73. The standard InChI is InChI=1S/C13H14N2O3S/c1-8-14-12(19-15-8)11(13(16)17)7-9-3-5-10(18-2)6-4-9/h3-6,11H,7H2,1-2H3,(H,16,17). The summed E-state index contributed by atoms with van der Waals surface area (Å²) in [6.07, 6.45) is 0.397. The molecule has 1 aromatic heterocycles. The van der Waals surface area contributed by atoms with E-state index in [1.807, 2.05) is 24.3 Å². The minimum Gasteiger partial charge on any atom is -0.497 e. The molecule has 0 aliphatic heterocycles. The van der Waals surface area contributed by atoms with Gasteiger partial charge in [-0.3, -0.25) is 4.79 Å². The lowest BCUT2D eigenvalue weighted by atomic mass is 10.00. The van der Waals surface area contributed by atoms with Gasteiger partial charge in [-0.05, 0) is 42.6 Å². The lowest BCUT2D eigenvalue weighted by molar-refractivity contribution is -0.138. The van der Waals surface area contributed by atoms with Crippen molar-refractivity contribution < 1.29 is 14.6 Å². The summed E-state index contributed by atoms with van der Waals surface area (Å²) in [5, 5.41) is 9.85. The van der Waals surface area contributed by atoms with Crippen LogP contribution in [0.2, 0.25) is 0 Å². The van der Waals surface area contributed by atoms with Crippen molar-refractivity contribution >= 4 is 17.5 Å². The Balaban J connectivity index is 2.18. The number of hydrogen-bond acceptors (Lipinski definition) is 5. The van der Waals surface area contributed by atoms with Gasteiger partial charge in [-0.25, -0.2) is 4.98 Å². The van der Waals surface area contributed by atoms with E-state index in [0.29, 0.717) is 17.3 Å². The average Bonchev–Trinajstić information content (AvgIpc) is 2.82. The maximum atomic E-state index is 11.4. The molecule has 1 atom stereocenters. The number of rotatable bonds is 5. The van der Waals surface area contributed by atoms with E-state index in [1.54, 1.807) is 14.0 Å². The summed E-state index contributed by atoms with van der Waals surface area (Å²) < 4.78 is 9.11. The van der Waals surface area contributed by atoms with Crippen LogP contribution in [0.25, 0.3) is 0 Å². The number of aryl methyl sites for hydroxylation is 1. The summed E-state index contributed by atoms with van der Waals surface area (Å²) in [5.41, 5.74) is 0.932. The summed E-state index contributed by atoms with van der Waals surface area (Å²) >= 11 is 1.15. The van der Waals surface area contributed by atoms with Crippen molar-refractivity contribution in [2.75, 3.05) is 7.11 Å². The zero-order valence-electron chi connectivity index (χ0n) is 10.7. The van der Waals surface area contributed by atoms with Crippen LogP contribution >= 0.6 is 11.5 Å². The molecule has 6 heteroatoms. The minimum absolute atomic E-state index is 0.397. The zero-order valence-corrected chi connectivity index (χ0v) is 11.5. The van der Waals surface area contributed by atoms with E-state index in [4.69, 9.17) is 4.74 Å². The molecule has 1 unspecified atom stereocenters. The first-order valence-corrected chi connectivity index (χ1v) is 6.53. The van der Waals surface area contributed by atoms with Gasteiger partial charge in [-0.2, -0.15) is 4.37 Å². The number of carboxylic acids is 1. The summed E-state index contributed by atoms with van der Waals surface area (Å²) in [4.78, 5) is 15.5. The number of ether oxygens (including phenoxy) is 1. The molecule has 19 heavy (non-hydrogen) atoms. The van der Waals surface area contributed by atoms with Gasteiger partial charge in [0.2, 0.25) is 0 Å². The summed E-state index contributed by atoms with van der Waals surface area (Å²) in [6, 6.07) is 7.37. The van der Waals surface area contributed by atoms with Gasteiger partial charge in [-0.1, -0.05) is 12.1 Å². The first-order chi connectivity index (χ1) is 9.10. The molecule has 2 rings (SSSR count). The highest BCUT2D eigenvalue weighted by molar-refractivity contribution is 7.05. The van der Waals surface area contributed by atoms with Gasteiger partial charge in [-0.15, -0.1) is 0 Å². The van der Waals surface area contributed by atoms with Gasteiger partial charge >= 0.3 is 5.97 Å². The van der Waals surface area contributed by atoms with Crippen molar-refractivity contribution in [2.45, 2.75) is 19.3 Å². The molecular weight excluding hydrogens is 264 g/mol. The van der Waals surface area contributed by atoms with E-state index >= 15 is 0 Å². The van der Waals surface area contributed by atoms with Gasteiger partial charge in [0.25, 0.3) is 0 Å². The average molecular weight is 278 g/mol. The van der Waals surface area contributed by atoms with Crippen LogP contribution < -0.4 is 4.74 Å². The Hall–Kier alpha value is -1.95. The highest BCUT2D eigenvalue weighted by Gasteiger charge is 2.24. The minimum atomic E-state index is -0.882. The van der Waals surface area contributed by atoms with Crippen LogP contribution in [0.1, 0.15) is 22.3 Å². The number of methoxy groups -OCH3 is 1. The van der Waals surface area contributed by atoms with Crippen molar-refractivity contribution in [2.24, 2.45) is 0 Å². The Morgan fingerprint density at radius 1 is 1.42 bits per heavy atom.